The molecule has 0 radical (unpaired) electrons. The molecule has 1 aromatic heterocycles. The smallest absolute Gasteiger partial charge is 0.220 e. The first-order valence-corrected chi connectivity index (χ1v) is 5.61. The van der Waals surface area contributed by atoms with E-state index < -0.39 is 0 Å². The lowest BCUT2D eigenvalue weighted by Crippen LogP contribution is -2.26. The number of hydrogen-bond donors (Lipinski definition) is 2. The predicted octanol–water partition coefficient (Wildman–Crippen LogP) is 0.691. The van der Waals surface area contributed by atoms with Crippen LogP contribution in [0.25, 0.3) is 0 Å². The summed E-state index contributed by atoms with van der Waals surface area (Å²) in [5, 5.41) is 2.83. The summed E-state index contributed by atoms with van der Waals surface area (Å²) in [7, 11) is 1.57. The molecule has 5 nitrogen and oxygen atoms in total. The number of nitrogens with zero attached hydrogens (tertiary/aromatic N) is 1. The Morgan fingerprint density at radius 3 is 2.88 bits per heavy atom. The summed E-state index contributed by atoms with van der Waals surface area (Å²) in [6.45, 7) is 2.96. The first kappa shape index (κ1) is 13.4. The number of amides is 1. The molecule has 1 rings (SSSR count). The fraction of sp³-hybridized carbons (Fsp3) is 0.500. The largest absolute Gasteiger partial charge is 0.481 e. The summed E-state index contributed by atoms with van der Waals surface area (Å²) in [4.78, 5) is 15.6. The molecule has 0 aliphatic rings. The fourth-order valence-electron chi connectivity index (χ4n) is 1.31. The van der Waals surface area contributed by atoms with E-state index in [1.165, 1.54) is 0 Å². The van der Waals surface area contributed by atoms with Crippen molar-refractivity contribution in [3.05, 3.63) is 23.9 Å². The molecule has 0 bridgehead atoms. The number of pyridine rings is 1. The van der Waals surface area contributed by atoms with Gasteiger partial charge in [0.15, 0.2) is 0 Å². The molecule has 1 aromatic rings. The molecule has 0 fully saturated rings. The van der Waals surface area contributed by atoms with Gasteiger partial charge in [-0.25, -0.2) is 4.98 Å². The minimum atomic E-state index is 0.0127. The third-order valence-electron chi connectivity index (χ3n) is 2.43. The molecule has 1 unspecified atom stereocenters. The summed E-state index contributed by atoms with van der Waals surface area (Å²) in [6, 6.07) is 3.64. The highest BCUT2D eigenvalue weighted by atomic mass is 16.5. The van der Waals surface area contributed by atoms with Crippen LogP contribution in [0.2, 0.25) is 0 Å². The van der Waals surface area contributed by atoms with E-state index in [9.17, 15) is 4.79 Å². The number of aromatic nitrogens is 1. The highest BCUT2D eigenvalue weighted by Gasteiger charge is 2.07. The topological polar surface area (TPSA) is 77.2 Å². The van der Waals surface area contributed by atoms with Crippen LogP contribution in [0.3, 0.4) is 0 Å². The molecule has 5 heteroatoms. The van der Waals surface area contributed by atoms with E-state index in [0.717, 1.165) is 5.56 Å². The lowest BCUT2D eigenvalue weighted by atomic mass is 10.1. The maximum Gasteiger partial charge on any atom is 0.220 e. The molecule has 0 saturated heterocycles. The monoisotopic (exact) mass is 237 g/mol. The Labute approximate surface area is 101 Å². The Balaban J connectivity index is 2.36. The van der Waals surface area contributed by atoms with Gasteiger partial charge in [0, 0.05) is 25.2 Å². The molecule has 0 saturated carbocycles. The first-order chi connectivity index (χ1) is 8.15. The molecule has 1 heterocycles. The number of ether oxygens (including phenoxy) is 1. The van der Waals surface area contributed by atoms with Gasteiger partial charge in [-0.15, -0.1) is 0 Å². The van der Waals surface area contributed by atoms with Crippen molar-refractivity contribution >= 4 is 5.91 Å². The van der Waals surface area contributed by atoms with Crippen LogP contribution in [0.1, 0.15) is 18.9 Å². The molecule has 94 valence electrons. The van der Waals surface area contributed by atoms with Crippen molar-refractivity contribution in [1.29, 1.82) is 0 Å². The Bertz CT molecular complexity index is 351. The van der Waals surface area contributed by atoms with E-state index in [2.05, 4.69) is 10.3 Å². The van der Waals surface area contributed by atoms with Gasteiger partial charge in [-0.2, -0.15) is 0 Å². The van der Waals surface area contributed by atoms with Gasteiger partial charge in [0.25, 0.3) is 0 Å². The number of nitrogens with two attached hydrogens (primary N) is 1. The number of methoxy groups -OCH3 is 1. The van der Waals surface area contributed by atoms with Gasteiger partial charge in [0.1, 0.15) is 0 Å². The first-order valence-electron chi connectivity index (χ1n) is 5.61. The maximum absolute atomic E-state index is 11.5. The Morgan fingerprint density at radius 1 is 1.59 bits per heavy atom. The normalized spacial score (nSPS) is 11.9. The fourth-order valence-corrected chi connectivity index (χ4v) is 1.31. The second kappa shape index (κ2) is 6.85. The average Bonchev–Trinajstić information content (AvgIpc) is 2.36. The average molecular weight is 237 g/mol. The second-order valence-corrected chi connectivity index (χ2v) is 4.03. The lowest BCUT2D eigenvalue weighted by Gasteiger charge is -2.09. The van der Waals surface area contributed by atoms with Gasteiger partial charge in [-0.05, 0) is 18.0 Å². The van der Waals surface area contributed by atoms with Crippen LogP contribution in [0.15, 0.2) is 18.3 Å². The quantitative estimate of drug-likeness (QED) is 0.763. The summed E-state index contributed by atoms with van der Waals surface area (Å²) >= 11 is 0. The van der Waals surface area contributed by atoms with Crippen molar-refractivity contribution in [2.75, 3.05) is 13.7 Å². The third kappa shape index (κ3) is 4.82. The predicted molar refractivity (Wildman–Crippen MR) is 65.5 cm³/mol. The van der Waals surface area contributed by atoms with Gasteiger partial charge in [-0.1, -0.05) is 13.0 Å². The van der Waals surface area contributed by atoms with Gasteiger partial charge < -0.3 is 15.8 Å². The van der Waals surface area contributed by atoms with Crippen molar-refractivity contribution < 1.29 is 9.53 Å². The van der Waals surface area contributed by atoms with Crippen molar-refractivity contribution in [3.63, 3.8) is 0 Å². The lowest BCUT2D eigenvalue weighted by molar-refractivity contribution is -0.122. The number of carbonyl (C=O) groups is 1. The molecule has 0 spiro atoms. The van der Waals surface area contributed by atoms with Crippen LogP contribution in [0.5, 0.6) is 5.88 Å². The number of nitrogens with one attached hydrogen (secondary N) is 1. The van der Waals surface area contributed by atoms with E-state index in [1.54, 1.807) is 19.4 Å². The molecule has 0 aliphatic heterocycles. The third-order valence-corrected chi connectivity index (χ3v) is 2.43. The van der Waals surface area contributed by atoms with Crippen LogP contribution in [-0.2, 0) is 11.3 Å². The van der Waals surface area contributed by atoms with E-state index in [-0.39, 0.29) is 11.8 Å². The van der Waals surface area contributed by atoms with Crippen LogP contribution in [-0.4, -0.2) is 24.5 Å². The van der Waals surface area contributed by atoms with Crippen molar-refractivity contribution in [2.24, 2.45) is 11.7 Å². The van der Waals surface area contributed by atoms with Gasteiger partial charge >= 0.3 is 0 Å². The van der Waals surface area contributed by atoms with Crippen LogP contribution < -0.4 is 15.8 Å². The highest BCUT2D eigenvalue weighted by molar-refractivity contribution is 5.76. The summed E-state index contributed by atoms with van der Waals surface area (Å²) in [5.41, 5.74) is 6.40. The standard InChI is InChI=1S/C12H19N3O2/c1-9(6-13)5-11(16)14-7-10-3-4-12(17-2)15-8-10/h3-4,8-9H,5-7,13H2,1-2H3,(H,14,16). The molecule has 0 aromatic carbocycles. The number of carbonyl (C=O) groups excluding carboxylic acids is 1. The Hall–Kier alpha value is -1.62. The zero-order chi connectivity index (χ0) is 12.7. The summed E-state index contributed by atoms with van der Waals surface area (Å²) < 4.78 is 4.95. The SMILES string of the molecule is COc1ccc(CNC(=O)CC(C)CN)cn1. The highest BCUT2D eigenvalue weighted by Crippen LogP contribution is 2.06. The number of hydrogen-bond acceptors (Lipinski definition) is 4. The van der Waals surface area contributed by atoms with Crippen LogP contribution >= 0.6 is 0 Å². The minimum absolute atomic E-state index is 0.0127. The molecule has 17 heavy (non-hydrogen) atoms. The second-order valence-electron chi connectivity index (χ2n) is 4.03. The van der Waals surface area contributed by atoms with Gasteiger partial charge in [0.05, 0.1) is 7.11 Å². The van der Waals surface area contributed by atoms with E-state index in [4.69, 9.17) is 10.5 Å². The molecule has 0 aliphatic carbocycles. The summed E-state index contributed by atoms with van der Waals surface area (Å²) in [5.74, 6) is 0.791. The van der Waals surface area contributed by atoms with Crippen LogP contribution in [0.4, 0.5) is 0 Å². The van der Waals surface area contributed by atoms with Crippen molar-refractivity contribution in [2.45, 2.75) is 19.9 Å². The van der Waals surface area contributed by atoms with Gasteiger partial charge in [-0.3, -0.25) is 4.79 Å². The van der Waals surface area contributed by atoms with E-state index in [1.807, 2.05) is 13.0 Å². The maximum atomic E-state index is 11.5. The zero-order valence-electron chi connectivity index (χ0n) is 10.3. The molecular formula is C12H19N3O2. The van der Waals surface area contributed by atoms with Gasteiger partial charge in [0.2, 0.25) is 11.8 Å². The van der Waals surface area contributed by atoms with Crippen LogP contribution in [0, 0.1) is 5.92 Å². The molecule has 1 amide bonds. The van der Waals surface area contributed by atoms with Crippen molar-refractivity contribution in [3.8, 4) is 5.88 Å². The Morgan fingerprint density at radius 2 is 2.35 bits per heavy atom. The summed E-state index contributed by atoms with van der Waals surface area (Å²) in [6.07, 6.45) is 2.14. The zero-order valence-corrected chi connectivity index (χ0v) is 10.3. The van der Waals surface area contributed by atoms with Crippen molar-refractivity contribution in [1.82, 2.24) is 10.3 Å². The van der Waals surface area contributed by atoms with E-state index >= 15 is 0 Å². The molecule has 3 N–H and O–H groups in total. The number of rotatable bonds is 6. The molecular weight excluding hydrogens is 218 g/mol. The Kier molecular flexibility index (Phi) is 5.42. The van der Waals surface area contributed by atoms with E-state index in [0.29, 0.717) is 25.4 Å². The minimum Gasteiger partial charge on any atom is -0.481 e. The molecule has 1 atom stereocenters.